The molecule has 2 heterocycles. The smallest absolute Gasteiger partial charge is 0.215 e. The number of benzene rings is 1. The number of hydrogen-bond donors (Lipinski definition) is 1. The van der Waals surface area contributed by atoms with Crippen LogP contribution in [0.5, 0.6) is 5.88 Å². The first kappa shape index (κ1) is 11.5. The summed E-state index contributed by atoms with van der Waals surface area (Å²) < 4.78 is 20.0. The number of fused-ring (bicyclic) bond motifs is 1. The minimum atomic E-state index is -0.346. The molecule has 3 rings (SSSR count). The highest BCUT2D eigenvalue weighted by Crippen LogP contribution is 2.23. The fraction of sp³-hybridized carbons (Fsp3) is 0.0769. The molecule has 2 aromatic heterocycles. The number of ether oxygens (including phenoxy) is 1. The molecule has 6 heteroatoms. The summed E-state index contributed by atoms with van der Waals surface area (Å²) in [6.07, 6.45) is 0. The molecule has 0 aliphatic carbocycles. The Hall–Kier alpha value is -2.63. The summed E-state index contributed by atoms with van der Waals surface area (Å²) in [6.45, 7) is 0. The molecule has 0 atom stereocenters. The van der Waals surface area contributed by atoms with E-state index in [1.165, 1.54) is 19.2 Å². The van der Waals surface area contributed by atoms with Crippen LogP contribution in [0.2, 0.25) is 0 Å². The van der Waals surface area contributed by atoms with E-state index in [-0.39, 0.29) is 11.8 Å². The van der Waals surface area contributed by atoms with Gasteiger partial charge in [0.1, 0.15) is 11.3 Å². The van der Waals surface area contributed by atoms with E-state index in [1.54, 1.807) is 28.8 Å². The monoisotopic (exact) mass is 258 g/mol. The number of imidazole rings is 1. The van der Waals surface area contributed by atoms with Gasteiger partial charge in [0.2, 0.25) is 11.8 Å². The van der Waals surface area contributed by atoms with Crippen molar-refractivity contribution in [2.75, 3.05) is 12.8 Å². The number of nitrogens with zero attached hydrogens (tertiary/aromatic N) is 3. The van der Waals surface area contributed by atoms with Gasteiger partial charge in [-0.3, -0.25) is 4.57 Å². The molecule has 0 radical (unpaired) electrons. The van der Waals surface area contributed by atoms with Crippen molar-refractivity contribution < 1.29 is 9.13 Å². The maximum Gasteiger partial charge on any atom is 0.215 e. The second kappa shape index (κ2) is 4.24. The molecule has 3 aromatic rings. The van der Waals surface area contributed by atoms with Crippen LogP contribution < -0.4 is 10.5 Å². The number of rotatable bonds is 2. The molecular weight excluding hydrogens is 247 g/mol. The Morgan fingerprint density at radius 3 is 2.79 bits per heavy atom. The quantitative estimate of drug-likeness (QED) is 0.764. The Kier molecular flexibility index (Phi) is 2.56. The highest BCUT2D eigenvalue weighted by molar-refractivity contribution is 5.77. The van der Waals surface area contributed by atoms with E-state index >= 15 is 0 Å². The van der Waals surface area contributed by atoms with Gasteiger partial charge >= 0.3 is 0 Å². The SMILES string of the molecule is COc1ccc2nc(N)n(-c3cccc(F)c3)c2n1. The standard InChI is InChI=1S/C13H11FN4O/c1-19-11-6-5-10-12(17-11)18(13(15)16-10)9-4-2-3-8(14)7-9/h2-7H,1H3,(H2,15,16). The summed E-state index contributed by atoms with van der Waals surface area (Å²) >= 11 is 0. The third kappa shape index (κ3) is 1.87. The largest absolute Gasteiger partial charge is 0.481 e. The molecule has 0 saturated heterocycles. The molecule has 2 N–H and O–H groups in total. The fourth-order valence-electron chi connectivity index (χ4n) is 1.94. The average molecular weight is 258 g/mol. The summed E-state index contributed by atoms with van der Waals surface area (Å²) in [7, 11) is 1.53. The maximum atomic E-state index is 13.3. The van der Waals surface area contributed by atoms with Crippen molar-refractivity contribution in [2.45, 2.75) is 0 Å². The third-order valence-corrected chi connectivity index (χ3v) is 2.78. The van der Waals surface area contributed by atoms with Gasteiger partial charge in [-0.1, -0.05) is 6.07 Å². The number of aromatic nitrogens is 3. The minimum Gasteiger partial charge on any atom is -0.481 e. The van der Waals surface area contributed by atoms with Crippen LogP contribution in [0.1, 0.15) is 0 Å². The highest BCUT2D eigenvalue weighted by atomic mass is 19.1. The molecule has 0 amide bonds. The molecule has 96 valence electrons. The zero-order valence-electron chi connectivity index (χ0n) is 10.2. The second-order valence-corrected chi connectivity index (χ2v) is 3.98. The van der Waals surface area contributed by atoms with E-state index in [2.05, 4.69) is 9.97 Å². The first-order valence-corrected chi connectivity index (χ1v) is 5.64. The predicted molar refractivity (Wildman–Crippen MR) is 69.8 cm³/mol. The number of nitrogen functional groups attached to an aromatic ring is 1. The number of pyridine rings is 1. The van der Waals surface area contributed by atoms with Gasteiger partial charge in [-0.25, -0.2) is 9.37 Å². The number of anilines is 1. The van der Waals surface area contributed by atoms with Crippen LogP contribution in [-0.2, 0) is 0 Å². The van der Waals surface area contributed by atoms with Crippen LogP contribution in [0, 0.1) is 5.82 Å². The van der Waals surface area contributed by atoms with Crippen molar-refractivity contribution >= 4 is 17.1 Å². The Balaban J connectivity index is 2.30. The van der Waals surface area contributed by atoms with Crippen molar-refractivity contribution in [3.63, 3.8) is 0 Å². The fourth-order valence-corrected chi connectivity index (χ4v) is 1.94. The Morgan fingerprint density at radius 2 is 2.05 bits per heavy atom. The number of hydrogen-bond acceptors (Lipinski definition) is 4. The lowest BCUT2D eigenvalue weighted by Crippen LogP contribution is -2.02. The van der Waals surface area contributed by atoms with E-state index < -0.39 is 0 Å². The zero-order valence-corrected chi connectivity index (χ0v) is 10.2. The number of nitrogens with two attached hydrogens (primary N) is 1. The number of methoxy groups -OCH3 is 1. The van der Waals surface area contributed by atoms with E-state index in [9.17, 15) is 4.39 Å². The minimum absolute atomic E-state index is 0.251. The van der Waals surface area contributed by atoms with Crippen molar-refractivity contribution in [3.8, 4) is 11.6 Å². The molecule has 1 aromatic carbocycles. The summed E-state index contributed by atoms with van der Waals surface area (Å²) in [4.78, 5) is 8.49. The Labute approximate surface area is 108 Å². The Morgan fingerprint density at radius 1 is 1.21 bits per heavy atom. The lowest BCUT2D eigenvalue weighted by atomic mass is 10.3. The first-order chi connectivity index (χ1) is 9.19. The number of halogens is 1. The van der Waals surface area contributed by atoms with Crippen LogP contribution in [-0.4, -0.2) is 21.6 Å². The molecule has 0 spiro atoms. The summed E-state index contributed by atoms with van der Waals surface area (Å²) in [5, 5.41) is 0. The van der Waals surface area contributed by atoms with Gasteiger partial charge in [-0.05, 0) is 24.3 Å². The van der Waals surface area contributed by atoms with E-state index in [0.29, 0.717) is 22.7 Å². The van der Waals surface area contributed by atoms with Crippen LogP contribution in [0.3, 0.4) is 0 Å². The molecule has 0 aliphatic rings. The van der Waals surface area contributed by atoms with Crippen LogP contribution in [0.15, 0.2) is 36.4 Å². The first-order valence-electron chi connectivity index (χ1n) is 5.64. The molecule has 0 aliphatic heterocycles. The normalized spacial score (nSPS) is 10.8. The van der Waals surface area contributed by atoms with Gasteiger partial charge in [0.05, 0.1) is 12.8 Å². The maximum absolute atomic E-state index is 13.3. The lowest BCUT2D eigenvalue weighted by Gasteiger charge is -2.06. The summed E-state index contributed by atoms with van der Waals surface area (Å²) in [5.41, 5.74) is 7.60. The van der Waals surface area contributed by atoms with Crippen LogP contribution in [0.4, 0.5) is 10.3 Å². The van der Waals surface area contributed by atoms with Crippen molar-refractivity contribution in [1.29, 1.82) is 0 Å². The molecular formula is C13H11FN4O. The van der Waals surface area contributed by atoms with E-state index in [4.69, 9.17) is 10.5 Å². The van der Waals surface area contributed by atoms with Crippen molar-refractivity contribution in [2.24, 2.45) is 0 Å². The summed E-state index contributed by atoms with van der Waals surface area (Å²) in [5.74, 6) is 0.355. The average Bonchev–Trinajstić information content (AvgIpc) is 2.73. The molecule has 0 saturated carbocycles. The van der Waals surface area contributed by atoms with Crippen LogP contribution >= 0.6 is 0 Å². The van der Waals surface area contributed by atoms with Crippen molar-refractivity contribution in [1.82, 2.24) is 14.5 Å². The topological polar surface area (TPSA) is 66.0 Å². The predicted octanol–water partition coefficient (Wildman–Crippen LogP) is 2.15. The molecule has 0 bridgehead atoms. The van der Waals surface area contributed by atoms with Gasteiger partial charge in [0.15, 0.2) is 5.65 Å². The van der Waals surface area contributed by atoms with Gasteiger partial charge in [0, 0.05) is 6.07 Å². The van der Waals surface area contributed by atoms with Gasteiger partial charge in [0.25, 0.3) is 0 Å². The molecule has 5 nitrogen and oxygen atoms in total. The zero-order chi connectivity index (χ0) is 13.4. The van der Waals surface area contributed by atoms with E-state index in [1.807, 2.05) is 0 Å². The second-order valence-electron chi connectivity index (χ2n) is 3.98. The molecule has 0 fully saturated rings. The summed E-state index contributed by atoms with van der Waals surface area (Å²) in [6, 6.07) is 9.54. The van der Waals surface area contributed by atoms with Gasteiger partial charge in [-0.15, -0.1) is 0 Å². The highest BCUT2D eigenvalue weighted by Gasteiger charge is 2.12. The van der Waals surface area contributed by atoms with Crippen LogP contribution in [0.25, 0.3) is 16.9 Å². The molecule has 0 unspecified atom stereocenters. The Bertz CT molecular complexity index is 753. The van der Waals surface area contributed by atoms with Gasteiger partial charge < -0.3 is 10.5 Å². The van der Waals surface area contributed by atoms with E-state index in [0.717, 1.165) is 0 Å². The third-order valence-electron chi connectivity index (χ3n) is 2.78. The molecule has 19 heavy (non-hydrogen) atoms. The van der Waals surface area contributed by atoms with Gasteiger partial charge in [-0.2, -0.15) is 4.98 Å². The lowest BCUT2D eigenvalue weighted by molar-refractivity contribution is 0.399. The van der Waals surface area contributed by atoms with Crippen molar-refractivity contribution in [3.05, 3.63) is 42.2 Å².